The number of benzene rings is 1. The molecule has 2 fully saturated rings. The van der Waals surface area contributed by atoms with E-state index in [9.17, 15) is 27.9 Å². The Morgan fingerprint density at radius 3 is 2.24 bits per heavy atom. The molecule has 2 aliphatic rings. The number of carbonyl (C=O) groups excluding carboxylic acids is 1. The van der Waals surface area contributed by atoms with Crippen LogP contribution in [0.15, 0.2) is 48.7 Å². The lowest BCUT2D eigenvalue weighted by Gasteiger charge is -2.36. The fraction of sp³-hybridized carbons (Fsp3) is 0.536. The van der Waals surface area contributed by atoms with Crippen molar-refractivity contribution in [2.24, 2.45) is 17.3 Å². The van der Waals surface area contributed by atoms with Gasteiger partial charge >= 0.3 is 12.1 Å². The van der Waals surface area contributed by atoms with Crippen molar-refractivity contribution in [1.82, 2.24) is 9.88 Å². The maximum absolute atomic E-state index is 14.0. The summed E-state index contributed by atoms with van der Waals surface area (Å²) in [4.78, 5) is 32.5. The summed E-state index contributed by atoms with van der Waals surface area (Å²) in [5.74, 6) is -2.21. The molecule has 0 spiro atoms. The number of pyridine rings is 1. The molecule has 1 saturated heterocycles. The molecular formula is C28H34F3N3O3. The van der Waals surface area contributed by atoms with E-state index in [0.29, 0.717) is 12.8 Å². The first-order chi connectivity index (χ1) is 17.4. The lowest BCUT2D eigenvalue weighted by atomic mass is 9.72. The molecule has 4 rings (SSSR count). The van der Waals surface area contributed by atoms with Crippen LogP contribution in [0.1, 0.15) is 70.0 Å². The molecule has 9 heteroatoms. The molecular weight excluding hydrogens is 483 g/mol. The number of aromatic nitrogens is 1. The monoisotopic (exact) mass is 517 g/mol. The van der Waals surface area contributed by atoms with Gasteiger partial charge in [0.2, 0.25) is 5.91 Å². The van der Waals surface area contributed by atoms with Crippen molar-refractivity contribution in [3.05, 3.63) is 59.8 Å². The molecule has 37 heavy (non-hydrogen) atoms. The smallest absolute Gasteiger partial charge is 0.416 e. The third-order valence-electron chi connectivity index (χ3n) is 7.67. The van der Waals surface area contributed by atoms with Crippen molar-refractivity contribution in [2.75, 3.05) is 5.32 Å². The molecule has 2 aromatic rings. The Bertz CT molecular complexity index is 1110. The maximum atomic E-state index is 14.0. The lowest BCUT2D eigenvalue weighted by Crippen LogP contribution is -2.49. The number of rotatable bonds is 5. The molecule has 0 bridgehead atoms. The Labute approximate surface area is 215 Å². The summed E-state index contributed by atoms with van der Waals surface area (Å²) in [6, 6.07) is 8.44. The van der Waals surface area contributed by atoms with E-state index in [0.717, 1.165) is 43.2 Å². The second-order valence-electron chi connectivity index (χ2n) is 11.2. The van der Waals surface area contributed by atoms with Crippen LogP contribution in [0.4, 0.5) is 19.0 Å². The lowest BCUT2D eigenvalue weighted by molar-refractivity contribution is -0.154. The Morgan fingerprint density at radius 2 is 1.68 bits per heavy atom. The number of amides is 1. The summed E-state index contributed by atoms with van der Waals surface area (Å²) in [5, 5.41) is 13.6. The van der Waals surface area contributed by atoms with Gasteiger partial charge in [-0.05, 0) is 36.0 Å². The summed E-state index contributed by atoms with van der Waals surface area (Å²) < 4.78 is 40.3. The maximum Gasteiger partial charge on any atom is 0.416 e. The van der Waals surface area contributed by atoms with Gasteiger partial charge in [-0.15, -0.1) is 0 Å². The van der Waals surface area contributed by atoms with Crippen LogP contribution in [0.25, 0.3) is 0 Å². The summed E-state index contributed by atoms with van der Waals surface area (Å²) in [7, 11) is 0. The standard InChI is InChI=1S/C28H34F3N3O3/c1-27(2,3)21-22(33-20-16-19(14-15-32-20)28(29,30)31)23(17-10-6-4-7-11-17)34(24(21)26(36)37)25(35)18-12-8-5-9-13-18/h4,6-7,10-11,14-16,18,21-24H,5,8-9,12-13H2,1-3H3,(H,32,33)(H,36,37)/t21-,22-,23-,24-/m1/s1. The highest BCUT2D eigenvalue weighted by atomic mass is 19.4. The predicted octanol–water partition coefficient (Wildman–Crippen LogP) is 6.16. The molecule has 1 aliphatic heterocycles. The van der Waals surface area contributed by atoms with Gasteiger partial charge in [-0.2, -0.15) is 13.2 Å². The van der Waals surface area contributed by atoms with Gasteiger partial charge in [0.1, 0.15) is 11.9 Å². The molecule has 200 valence electrons. The van der Waals surface area contributed by atoms with Crippen LogP contribution in [0.3, 0.4) is 0 Å². The number of carboxylic acids is 1. The molecule has 6 nitrogen and oxygen atoms in total. The summed E-state index contributed by atoms with van der Waals surface area (Å²) in [6.07, 6.45) is 0.817. The molecule has 0 radical (unpaired) electrons. The Hall–Kier alpha value is -3.10. The average Bonchev–Trinajstić information content (AvgIpc) is 3.20. The predicted molar refractivity (Wildman–Crippen MR) is 134 cm³/mol. The Morgan fingerprint density at radius 1 is 1.03 bits per heavy atom. The zero-order valence-corrected chi connectivity index (χ0v) is 21.3. The number of carbonyl (C=O) groups is 2. The van der Waals surface area contributed by atoms with Crippen LogP contribution in [-0.4, -0.2) is 39.0 Å². The number of likely N-dealkylation sites (tertiary alicyclic amines) is 1. The molecule has 4 atom stereocenters. The van der Waals surface area contributed by atoms with Crippen molar-refractivity contribution >= 4 is 17.7 Å². The van der Waals surface area contributed by atoms with Gasteiger partial charge in [0.25, 0.3) is 0 Å². The van der Waals surface area contributed by atoms with Crippen LogP contribution >= 0.6 is 0 Å². The number of hydrogen-bond donors (Lipinski definition) is 2. The van der Waals surface area contributed by atoms with E-state index in [1.165, 1.54) is 4.90 Å². The third-order valence-corrected chi connectivity index (χ3v) is 7.67. The molecule has 2 heterocycles. The number of carboxylic acid groups (broad SMARTS) is 1. The second kappa shape index (κ2) is 10.3. The third kappa shape index (κ3) is 5.60. The molecule has 1 amide bonds. The first-order valence-corrected chi connectivity index (χ1v) is 12.8. The number of aliphatic carboxylic acids is 1. The van der Waals surface area contributed by atoms with E-state index in [-0.39, 0.29) is 17.6 Å². The number of halogens is 3. The highest BCUT2D eigenvalue weighted by molar-refractivity contribution is 5.87. The first kappa shape index (κ1) is 26.9. The first-order valence-electron chi connectivity index (χ1n) is 12.8. The molecule has 1 aliphatic carbocycles. The SMILES string of the molecule is CC(C)(C)[C@@H]1[C@@H](Nc2cc(C(F)(F)F)ccn2)[C@@H](c2ccccc2)N(C(=O)C2CCCCC2)[C@H]1C(=O)O. The Balaban J connectivity index is 1.86. The number of nitrogens with zero attached hydrogens (tertiary/aromatic N) is 2. The summed E-state index contributed by atoms with van der Waals surface area (Å²) >= 11 is 0. The highest BCUT2D eigenvalue weighted by Gasteiger charge is 2.58. The van der Waals surface area contributed by atoms with Gasteiger partial charge in [-0.25, -0.2) is 9.78 Å². The topological polar surface area (TPSA) is 82.5 Å². The highest BCUT2D eigenvalue weighted by Crippen LogP contribution is 2.50. The van der Waals surface area contributed by atoms with E-state index in [2.05, 4.69) is 10.3 Å². The average molecular weight is 518 g/mol. The normalized spacial score (nSPS) is 25.2. The van der Waals surface area contributed by atoms with Crippen molar-refractivity contribution in [1.29, 1.82) is 0 Å². The van der Waals surface area contributed by atoms with E-state index in [4.69, 9.17) is 0 Å². The molecule has 1 aromatic carbocycles. The van der Waals surface area contributed by atoms with Crippen molar-refractivity contribution in [2.45, 2.75) is 77.2 Å². The molecule has 1 aromatic heterocycles. The second-order valence-corrected chi connectivity index (χ2v) is 11.2. The summed E-state index contributed by atoms with van der Waals surface area (Å²) in [5.41, 5.74) is -0.720. The van der Waals surface area contributed by atoms with Crippen LogP contribution in [0.5, 0.6) is 0 Å². The van der Waals surface area contributed by atoms with E-state index in [1.807, 2.05) is 51.1 Å². The van der Waals surface area contributed by atoms with Gasteiger partial charge in [0, 0.05) is 18.0 Å². The largest absolute Gasteiger partial charge is 0.480 e. The number of nitrogens with one attached hydrogen (secondary N) is 1. The fourth-order valence-corrected chi connectivity index (χ4v) is 6.07. The fourth-order valence-electron chi connectivity index (χ4n) is 6.07. The van der Waals surface area contributed by atoms with E-state index < -0.39 is 47.2 Å². The van der Waals surface area contributed by atoms with Crippen LogP contribution < -0.4 is 5.32 Å². The van der Waals surface area contributed by atoms with Gasteiger partial charge in [0.05, 0.1) is 17.6 Å². The van der Waals surface area contributed by atoms with Gasteiger partial charge in [-0.1, -0.05) is 70.4 Å². The minimum absolute atomic E-state index is 0.00823. The van der Waals surface area contributed by atoms with Crippen LogP contribution in [0.2, 0.25) is 0 Å². The number of alkyl halides is 3. The number of hydrogen-bond acceptors (Lipinski definition) is 4. The van der Waals surface area contributed by atoms with Gasteiger partial charge in [0.15, 0.2) is 0 Å². The van der Waals surface area contributed by atoms with E-state index >= 15 is 0 Å². The number of anilines is 1. The molecule has 0 unspecified atom stereocenters. The Kier molecular flexibility index (Phi) is 7.53. The van der Waals surface area contributed by atoms with Crippen molar-refractivity contribution < 1.29 is 27.9 Å². The zero-order chi connectivity index (χ0) is 27.0. The van der Waals surface area contributed by atoms with Gasteiger partial charge in [-0.3, -0.25) is 4.79 Å². The van der Waals surface area contributed by atoms with E-state index in [1.54, 1.807) is 0 Å². The molecule has 1 saturated carbocycles. The van der Waals surface area contributed by atoms with Crippen LogP contribution in [-0.2, 0) is 15.8 Å². The molecule has 2 N–H and O–H groups in total. The minimum atomic E-state index is -4.55. The quantitative estimate of drug-likeness (QED) is 0.496. The minimum Gasteiger partial charge on any atom is -0.480 e. The summed E-state index contributed by atoms with van der Waals surface area (Å²) in [6.45, 7) is 5.70. The zero-order valence-electron chi connectivity index (χ0n) is 21.3. The van der Waals surface area contributed by atoms with Gasteiger partial charge < -0.3 is 15.3 Å². The van der Waals surface area contributed by atoms with Crippen molar-refractivity contribution in [3.63, 3.8) is 0 Å². The van der Waals surface area contributed by atoms with Crippen LogP contribution in [0, 0.1) is 17.3 Å². The van der Waals surface area contributed by atoms with Crippen molar-refractivity contribution in [3.8, 4) is 0 Å².